The van der Waals surface area contributed by atoms with Gasteiger partial charge in [0.25, 0.3) is 0 Å². The van der Waals surface area contributed by atoms with Crippen LogP contribution in [0.5, 0.6) is 0 Å². The van der Waals surface area contributed by atoms with E-state index in [-0.39, 0.29) is 21.9 Å². The normalized spacial score (nSPS) is 20.8. The molecular formula is C17H22N4O4S. The molecule has 0 aliphatic carbocycles. The zero-order valence-electron chi connectivity index (χ0n) is 14.9. The Morgan fingerprint density at radius 1 is 1.04 bits per heavy atom. The molecule has 0 unspecified atom stereocenters. The highest BCUT2D eigenvalue weighted by atomic mass is 32.2. The minimum Gasteiger partial charge on any atom is -0.356 e. The van der Waals surface area contributed by atoms with Crippen LogP contribution < -0.4 is 11.0 Å². The predicted molar refractivity (Wildman–Crippen MR) is 96.2 cm³/mol. The predicted octanol–water partition coefficient (Wildman–Crippen LogP) is 0.168. The molecule has 1 aromatic carbocycles. The number of sulfonamides is 1. The van der Waals surface area contributed by atoms with Crippen LogP contribution in [-0.2, 0) is 28.9 Å². The smallest absolute Gasteiger partial charge is 0.328 e. The van der Waals surface area contributed by atoms with Gasteiger partial charge in [-0.15, -0.1) is 0 Å². The average Bonchev–Trinajstić information content (AvgIpc) is 3.08. The summed E-state index contributed by atoms with van der Waals surface area (Å²) in [6.07, 6.45) is 1.84. The number of fused-ring (bicyclic) bond motifs is 1. The highest BCUT2D eigenvalue weighted by Gasteiger charge is 2.43. The molecule has 2 aliphatic heterocycles. The van der Waals surface area contributed by atoms with Crippen molar-refractivity contribution in [1.29, 1.82) is 0 Å². The molecule has 1 N–H and O–H groups in total. The maximum absolute atomic E-state index is 13.1. The number of imidazole rings is 1. The number of nitrogens with one attached hydrogen (secondary N) is 1. The number of carbonyl (C=O) groups excluding carboxylic acids is 1. The lowest BCUT2D eigenvalue weighted by atomic mass is 9.78. The Bertz CT molecular complexity index is 1060. The van der Waals surface area contributed by atoms with Gasteiger partial charge in [-0.25, -0.2) is 13.2 Å². The van der Waals surface area contributed by atoms with Crippen molar-refractivity contribution in [3.8, 4) is 0 Å². The highest BCUT2D eigenvalue weighted by Crippen LogP contribution is 2.38. The maximum Gasteiger partial charge on any atom is 0.328 e. The van der Waals surface area contributed by atoms with Crippen LogP contribution in [0.25, 0.3) is 11.0 Å². The van der Waals surface area contributed by atoms with E-state index >= 15 is 0 Å². The number of hydrogen-bond acceptors (Lipinski definition) is 4. The Hall–Kier alpha value is -2.13. The summed E-state index contributed by atoms with van der Waals surface area (Å²) in [6, 6.07) is 4.80. The lowest BCUT2D eigenvalue weighted by molar-refractivity contribution is -0.119. The SMILES string of the molecule is Cn1c(=O)n(C)c2cc(S(=O)(=O)N3CCC4(CC3)CNC(=O)C4)ccc21. The Kier molecular flexibility index (Phi) is 3.78. The molecule has 0 bridgehead atoms. The fourth-order valence-electron chi connectivity index (χ4n) is 4.10. The van der Waals surface area contributed by atoms with E-state index in [9.17, 15) is 18.0 Å². The van der Waals surface area contributed by atoms with Gasteiger partial charge in [0.1, 0.15) is 0 Å². The molecule has 140 valence electrons. The van der Waals surface area contributed by atoms with Gasteiger partial charge in [-0.3, -0.25) is 13.9 Å². The first-order valence-corrected chi connectivity index (χ1v) is 10.1. The van der Waals surface area contributed by atoms with E-state index in [0.29, 0.717) is 49.9 Å². The largest absolute Gasteiger partial charge is 0.356 e. The molecule has 26 heavy (non-hydrogen) atoms. The molecule has 1 amide bonds. The van der Waals surface area contributed by atoms with Crippen molar-refractivity contribution in [2.45, 2.75) is 24.2 Å². The van der Waals surface area contributed by atoms with E-state index in [4.69, 9.17) is 0 Å². The third kappa shape index (κ3) is 2.49. The van der Waals surface area contributed by atoms with Crippen LogP contribution in [0.15, 0.2) is 27.9 Å². The van der Waals surface area contributed by atoms with Gasteiger partial charge in [-0.2, -0.15) is 4.31 Å². The van der Waals surface area contributed by atoms with Gasteiger partial charge in [-0.1, -0.05) is 0 Å². The number of hydrogen-bond donors (Lipinski definition) is 1. The Balaban J connectivity index is 1.63. The third-order valence-corrected chi connectivity index (χ3v) is 7.76. The number of aryl methyl sites for hydroxylation is 2. The van der Waals surface area contributed by atoms with Gasteiger partial charge in [0, 0.05) is 40.2 Å². The topological polar surface area (TPSA) is 93.4 Å². The first-order chi connectivity index (χ1) is 12.2. The fourth-order valence-corrected chi connectivity index (χ4v) is 5.56. The first-order valence-electron chi connectivity index (χ1n) is 8.66. The standard InChI is InChI=1S/C17H22N4O4S/c1-19-13-4-3-12(9-14(13)20(2)16(19)23)26(24,25)21-7-5-17(6-8-21)10-15(22)18-11-17/h3-4,9H,5-8,10-11H2,1-2H3,(H,18,22). The molecular weight excluding hydrogens is 356 g/mol. The monoisotopic (exact) mass is 378 g/mol. The number of piperidine rings is 1. The Labute approximate surface area is 151 Å². The van der Waals surface area contributed by atoms with Crippen molar-refractivity contribution in [1.82, 2.24) is 18.8 Å². The summed E-state index contributed by atoms with van der Waals surface area (Å²) >= 11 is 0. The van der Waals surface area contributed by atoms with Crippen molar-refractivity contribution < 1.29 is 13.2 Å². The summed E-state index contributed by atoms with van der Waals surface area (Å²) in [5.41, 5.74) is 1.01. The molecule has 2 aromatic rings. The van der Waals surface area contributed by atoms with Crippen LogP contribution in [-0.4, -0.2) is 47.4 Å². The molecule has 1 spiro atoms. The van der Waals surface area contributed by atoms with Gasteiger partial charge in [0.05, 0.1) is 15.9 Å². The molecule has 0 saturated carbocycles. The zero-order chi connectivity index (χ0) is 18.7. The maximum atomic E-state index is 13.1. The van der Waals surface area contributed by atoms with Crippen LogP contribution >= 0.6 is 0 Å². The number of nitrogens with zero attached hydrogens (tertiary/aromatic N) is 3. The summed E-state index contributed by atoms with van der Waals surface area (Å²) in [4.78, 5) is 23.8. The minimum atomic E-state index is -3.63. The van der Waals surface area contributed by atoms with Gasteiger partial charge in [0.2, 0.25) is 15.9 Å². The summed E-state index contributed by atoms with van der Waals surface area (Å²) in [6.45, 7) is 1.45. The van der Waals surface area contributed by atoms with Crippen molar-refractivity contribution >= 4 is 27.0 Å². The molecule has 8 nitrogen and oxygen atoms in total. The second kappa shape index (κ2) is 5.68. The van der Waals surface area contributed by atoms with E-state index < -0.39 is 10.0 Å². The second-order valence-corrected chi connectivity index (χ2v) is 9.35. The van der Waals surface area contributed by atoms with Gasteiger partial charge in [-0.05, 0) is 36.5 Å². The van der Waals surface area contributed by atoms with Gasteiger partial charge in [0.15, 0.2) is 0 Å². The van der Waals surface area contributed by atoms with Gasteiger partial charge >= 0.3 is 5.69 Å². The molecule has 3 heterocycles. The summed E-state index contributed by atoms with van der Waals surface area (Å²) in [5, 5.41) is 2.86. The summed E-state index contributed by atoms with van der Waals surface area (Å²) in [7, 11) is -0.329. The third-order valence-electron chi connectivity index (χ3n) is 5.86. The second-order valence-electron chi connectivity index (χ2n) is 7.41. The van der Waals surface area contributed by atoms with Crippen LogP contribution in [0.4, 0.5) is 0 Å². The van der Waals surface area contributed by atoms with Crippen LogP contribution in [0.2, 0.25) is 0 Å². The van der Waals surface area contributed by atoms with E-state index in [1.54, 1.807) is 32.3 Å². The van der Waals surface area contributed by atoms with Crippen molar-refractivity contribution in [2.24, 2.45) is 19.5 Å². The molecule has 2 fully saturated rings. The number of aromatic nitrogens is 2. The molecule has 2 saturated heterocycles. The molecule has 1 aromatic heterocycles. The zero-order valence-corrected chi connectivity index (χ0v) is 15.7. The van der Waals surface area contributed by atoms with E-state index in [1.807, 2.05) is 0 Å². The lowest BCUT2D eigenvalue weighted by Gasteiger charge is -2.37. The number of benzene rings is 1. The lowest BCUT2D eigenvalue weighted by Crippen LogP contribution is -2.43. The molecule has 9 heteroatoms. The number of rotatable bonds is 2. The first kappa shape index (κ1) is 17.3. The number of amides is 1. The quantitative estimate of drug-likeness (QED) is 0.806. The van der Waals surface area contributed by atoms with Crippen LogP contribution in [0.3, 0.4) is 0 Å². The van der Waals surface area contributed by atoms with E-state index in [0.717, 1.165) is 0 Å². The Morgan fingerprint density at radius 2 is 1.69 bits per heavy atom. The van der Waals surface area contributed by atoms with Crippen molar-refractivity contribution in [3.05, 3.63) is 28.7 Å². The van der Waals surface area contributed by atoms with Gasteiger partial charge < -0.3 is 5.32 Å². The van der Waals surface area contributed by atoms with Crippen LogP contribution in [0.1, 0.15) is 19.3 Å². The minimum absolute atomic E-state index is 0.0525. The van der Waals surface area contributed by atoms with E-state index in [2.05, 4.69) is 5.32 Å². The summed E-state index contributed by atoms with van der Waals surface area (Å²) in [5.74, 6) is 0.0525. The number of carbonyl (C=O) groups is 1. The van der Waals surface area contributed by atoms with E-state index in [1.165, 1.54) is 13.4 Å². The Morgan fingerprint density at radius 3 is 2.31 bits per heavy atom. The van der Waals surface area contributed by atoms with Crippen molar-refractivity contribution in [3.63, 3.8) is 0 Å². The summed E-state index contributed by atoms with van der Waals surface area (Å²) < 4.78 is 30.5. The van der Waals surface area contributed by atoms with Crippen LogP contribution in [0, 0.1) is 5.41 Å². The highest BCUT2D eigenvalue weighted by molar-refractivity contribution is 7.89. The fraction of sp³-hybridized carbons (Fsp3) is 0.529. The molecule has 0 radical (unpaired) electrons. The molecule has 4 rings (SSSR count). The van der Waals surface area contributed by atoms with Crippen molar-refractivity contribution in [2.75, 3.05) is 19.6 Å². The molecule has 0 atom stereocenters. The average molecular weight is 378 g/mol. The molecule has 2 aliphatic rings.